The summed E-state index contributed by atoms with van der Waals surface area (Å²) in [6, 6.07) is 0. The van der Waals surface area contributed by atoms with Gasteiger partial charge in [-0.3, -0.25) is 0 Å². The molecule has 0 unspecified atom stereocenters. The number of hydrogen-bond donors (Lipinski definition) is 0. The molecule has 0 aromatic carbocycles. The van der Waals surface area contributed by atoms with Crippen LogP contribution in [0.15, 0.2) is 17.6 Å². The minimum absolute atomic E-state index is 0.0789. The fraction of sp³-hybridized carbons (Fsp3) is 0.400. The van der Waals surface area contributed by atoms with Crippen molar-refractivity contribution in [3.8, 4) is 0 Å². The molecule has 0 aliphatic carbocycles. The first kappa shape index (κ1) is 7.08. The van der Waals surface area contributed by atoms with Gasteiger partial charge >= 0.3 is 0 Å². The van der Waals surface area contributed by atoms with Crippen molar-refractivity contribution in [1.82, 2.24) is 0 Å². The largest absolute Gasteiger partial charge is 0.354 e. The van der Waals surface area contributed by atoms with Crippen LogP contribution in [-0.2, 0) is 9.53 Å². The second-order valence-corrected chi connectivity index (χ2v) is 1.04. The molecular formula is C5H7NO2. The highest BCUT2D eigenvalue weighted by molar-refractivity contribution is 5.32. The van der Waals surface area contributed by atoms with Crippen molar-refractivity contribution < 1.29 is 9.53 Å². The molecule has 0 amide bonds. The third kappa shape index (κ3) is 5.08. The van der Waals surface area contributed by atoms with E-state index in [1.165, 1.54) is 6.08 Å². The molecule has 0 aromatic rings. The van der Waals surface area contributed by atoms with E-state index in [9.17, 15) is 4.79 Å². The standard InChI is InChI=1S/C5H7NO2/c1-2-3-8-5-6-4-7/h2H,1,3,5H2. The van der Waals surface area contributed by atoms with Gasteiger partial charge in [0.05, 0.1) is 6.61 Å². The molecule has 0 spiro atoms. The second kappa shape index (κ2) is 6.08. The zero-order valence-electron chi connectivity index (χ0n) is 4.46. The third-order valence-corrected chi connectivity index (χ3v) is 0.456. The molecule has 0 saturated carbocycles. The maximum Gasteiger partial charge on any atom is 0.237 e. The molecule has 3 heteroatoms. The molecule has 0 rings (SSSR count). The topological polar surface area (TPSA) is 38.7 Å². The maximum absolute atomic E-state index is 9.37. The Labute approximate surface area is 47.7 Å². The van der Waals surface area contributed by atoms with Crippen LogP contribution in [-0.4, -0.2) is 19.4 Å². The van der Waals surface area contributed by atoms with Crippen LogP contribution < -0.4 is 0 Å². The summed E-state index contributed by atoms with van der Waals surface area (Å²) >= 11 is 0. The van der Waals surface area contributed by atoms with Crippen LogP contribution >= 0.6 is 0 Å². The molecule has 0 radical (unpaired) electrons. The maximum atomic E-state index is 9.37. The van der Waals surface area contributed by atoms with Crippen molar-refractivity contribution in [1.29, 1.82) is 0 Å². The van der Waals surface area contributed by atoms with Crippen molar-refractivity contribution >= 4 is 6.08 Å². The summed E-state index contributed by atoms with van der Waals surface area (Å²) in [5.41, 5.74) is 0. The first-order valence-corrected chi connectivity index (χ1v) is 2.14. The first-order chi connectivity index (χ1) is 3.91. The quantitative estimate of drug-likeness (QED) is 0.230. The number of ether oxygens (including phenoxy) is 1. The van der Waals surface area contributed by atoms with E-state index in [2.05, 4.69) is 16.3 Å². The van der Waals surface area contributed by atoms with Gasteiger partial charge in [0.15, 0.2) is 0 Å². The molecule has 0 N–H and O–H groups in total. The lowest BCUT2D eigenvalue weighted by atomic mass is 10.7. The summed E-state index contributed by atoms with van der Waals surface area (Å²) in [5, 5.41) is 0. The summed E-state index contributed by atoms with van der Waals surface area (Å²) in [6.45, 7) is 3.89. The van der Waals surface area contributed by atoms with Crippen molar-refractivity contribution in [3.63, 3.8) is 0 Å². The molecule has 44 valence electrons. The Morgan fingerprint density at radius 3 is 3.12 bits per heavy atom. The Hall–Kier alpha value is -0.920. The van der Waals surface area contributed by atoms with Crippen LogP contribution in [0.4, 0.5) is 0 Å². The lowest BCUT2D eigenvalue weighted by Crippen LogP contribution is -1.88. The van der Waals surface area contributed by atoms with Crippen LogP contribution in [0.5, 0.6) is 0 Å². The Bertz CT molecular complexity index is 105. The van der Waals surface area contributed by atoms with Gasteiger partial charge in [-0.25, -0.2) is 4.79 Å². The fourth-order valence-corrected chi connectivity index (χ4v) is 0.208. The predicted octanol–water partition coefficient (Wildman–Crippen LogP) is 0.482. The Morgan fingerprint density at radius 1 is 1.88 bits per heavy atom. The normalized spacial score (nSPS) is 7.50. The Kier molecular flexibility index (Phi) is 5.38. The van der Waals surface area contributed by atoms with E-state index in [0.717, 1.165) is 0 Å². The van der Waals surface area contributed by atoms with Crippen LogP contribution in [0.1, 0.15) is 0 Å². The van der Waals surface area contributed by atoms with Crippen LogP contribution in [0, 0.1) is 0 Å². The molecule has 0 aliphatic rings. The summed E-state index contributed by atoms with van der Waals surface area (Å²) < 4.78 is 4.68. The molecule has 3 nitrogen and oxygen atoms in total. The molecule has 0 saturated heterocycles. The number of carbonyl (C=O) groups excluding carboxylic acids is 1. The number of isocyanates is 1. The van der Waals surface area contributed by atoms with E-state index in [-0.39, 0.29) is 6.73 Å². The molecule has 0 bridgehead atoms. The van der Waals surface area contributed by atoms with Gasteiger partial charge in [0.1, 0.15) is 6.73 Å². The molecule has 8 heavy (non-hydrogen) atoms. The highest BCUT2D eigenvalue weighted by Gasteiger charge is 1.73. The number of aliphatic imine (C=N–C) groups is 1. The van der Waals surface area contributed by atoms with Crippen LogP contribution in [0.3, 0.4) is 0 Å². The number of hydrogen-bond acceptors (Lipinski definition) is 3. The van der Waals surface area contributed by atoms with Crippen molar-refractivity contribution in [2.75, 3.05) is 13.3 Å². The van der Waals surface area contributed by atoms with Crippen molar-refractivity contribution in [2.45, 2.75) is 0 Å². The minimum atomic E-state index is 0.0789. The predicted molar refractivity (Wildman–Crippen MR) is 29.1 cm³/mol. The monoisotopic (exact) mass is 113 g/mol. The lowest BCUT2D eigenvalue weighted by Gasteiger charge is -1.88. The van der Waals surface area contributed by atoms with Crippen molar-refractivity contribution in [2.24, 2.45) is 4.99 Å². The Morgan fingerprint density at radius 2 is 2.62 bits per heavy atom. The van der Waals surface area contributed by atoms with Gasteiger partial charge in [-0.05, 0) is 0 Å². The van der Waals surface area contributed by atoms with Gasteiger partial charge in [0, 0.05) is 0 Å². The average molecular weight is 113 g/mol. The van der Waals surface area contributed by atoms with Gasteiger partial charge < -0.3 is 4.74 Å². The van der Waals surface area contributed by atoms with Gasteiger partial charge in [0.2, 0.25) is 6.08 Å². The van der Waals surface area contributed by atoms with E-state index in [0.29, 0.717) is 6.61 Å². The summed E-state index contributed by atoms with van der Waals surface area (Å²) in [7, 11) is 0. The van der Waals surface area contributed by atoms with Gasteiger partial charge in [-0.1, -0.05) is 6.08 Å². The molecule has 0 aliphatic heterocycles. The summed E-state index contributed by atoms with van der Waals surface area (Å²) in [6.07, 6.45) is 2.93. The van der Waals surface area contributed by atoms with Gasteiger partial charge in [-0.15, -0.1) is 6.58 Å². The summed E-state index contributed by atoms with van der Waals surface area (Å²) in [5.74, 6) is 0. The van der Waals surface area contributed by atoms with Gasteiger partial charge in [0.25, 0.3) is 0 Å². The third-order valence-electron chi connectivity index (χ3n) is 0.456. The van der Waals surface area contributed by atoms with Crippen molar-refractivity contribution in [3.05, 3.63) is 12.7 Å². The molecule has 0 heterocycles. The first-order valence-electron chi connectivity index (χ1n) is 2.14. The molecular weight excluding hydrogens is 106 g/mol. The molecule has 0 atom stereocenters. The van der Waals surface area contributed by atoms with E-state index in [4.69, 9.17) is 0 Å². The Balaban J connectivity index is 2.93. The molecule has 0 aromatic heterocycles. The van der Waals surface area contributed by atoms with E-state index >= 15 is 0 Å². The smallest absolute Gasteiger partial charge is 0.237 e. The number of nitrogens with zero attached hydrogens (tertiary/aromatic N) is 1. The number of rotatable bonds is 4. The molecule has 0 fully saturated rings. The van der Waals surface area contributed by atoms with E-state index in [1.807, 2.05) is 0 Å². The average Bonchev–Trinajstić information content (AvgIpc) is 1.81. The highest BCUT2D eigenvalue weighted by Crippen LogP contribution is 1.72. The lowest BCUT2D eigenvalue weighted by molar-refractivity contribution is 0.171. The fourth-order valence-electron chi connectivity index (χ4n) is 0.208. The summed E-state index contributed by atoms with van der Waals surface area (Å²) in [4.78, 5) is 12.5. The van der Waals surface area contributed by atoms with Gasteiger partial charge in [-0.2, -0.15) is 4.99 Å². The van der Waals surface area contributed by atoms with Crippen LogP contribution in [0.25, 0.3) is 0 Å². The van der Waals surface area contributed by atoms with E-state index < -0.39 is 0 Å². The van der Waals surface area contributed by atoms with Crippen LogP contribution in [0.2, 0.25) is 0 Å². The van der Waals surface area contributed by atoms with E-state index in [1.54, 1.807) is 6.08 Å². The zero-order chi connectivity index (χ0) is 6.24. The zero-order valence-corrected chi connectivity index (χ0v) is 4.46. The SMILES string of the molecule is C=CCOCN=C=O. The highest BCUT2D eigenvalue weighted by atomic mass is 16.5. The minimum Gasteiger partial charge on any atom is -0.354 e. The second-order valence-electron chi connectivity index (χ2n) is 1.04.